The molecule has 0 aromatic carbocycles. The molecule has 6 nitrogen and oxygen atoms in total. The van der Waals surface area contributed by atoms with Crippen LogP contribution in [0.3, 0.4) is 0 Å². The summed E-state index contributed by atoms with van der Waals surface area (Å²) in [7, 11) is 3.81. The van der Waals surface area contributed by atoms with Crippen molar-refractivity contribution in [2.24, 2.45) is 11.8 Å². The van der Waals surface area contributed by atoms with Crippen molar-refractivity contribution in [1.29, 1.82) is 0 Å². The Bertz CT molecular complexity index is 423. The van der Waals surface area contributed by atoms with Gasteiger partial charge in [0, 0.05) is 27.2 Å². The fraction of sp³-hybridized carbons (Fsp3) is 0.769. The Balaban J connectivity index is 2.11. The standard InChI is InChI=1S/C13H24N6/c1-9(2)10-5-7-19(8-6-10)13-16-11(14)15-12(17-13)18(3)4/h9-10H,5-8H2,1-4H3,(H2,14,15,16,17). The molecule has 2 rings (SSSR count). The molecule has 0 spiro atoms. The zero-order valence-corrected chi connectivity index (χ0v) is 12.3. The minimum Gasteiger partial charge on any atom is -0.368 e. The van der Waals surface area contributed by atoms with Crippen LogP contribution in [0.25, 0.3) is 0 Å². The van der Waals surface area contributed by atoms with Gasteiger partial charge in [0.15, 0.2) is 0 Å². The van der Waals surface area contributed by atoms with Crippen LogP contribution >= 0.6 is 0 Å². The third-order valence-corrected chi connectivity index (χ3v) is 3.79. The summed E-state index contributed by atoms with van der Waals surface area (Å²) >= 11 is 0. The molecule has 2 N–H and O–H groups in total. The van der Waals surface area contributed by atoms with E-state index < -0.39 is 0 Å². The van der Waals surface area contributed by atoms with Crippen LogP contribution in [0.4, 0.5) is 17.8 Å². The summed E-state index contributed by atoms with van der Waals surface area (Å²) in [5, 5.41) is 0. The highest BCUT2D eigenvalue weighted by molar-refractivity contribution is 5.42. The molecule has 0 saturated carbocycles. The lowest BCUT2D eigenvalue weighted by Crippen LogP contribution is -2.36. The highest BCUT2D eigenvalue weighted by atomic mass is 15.3. The fourth-order valence-electron chi connectivity index (χ4n) is 2.48. The van der Waals surface area contributed by atoms with E-state index in [0.29, 0.717) is 17.8 Å². The molecule has 1 fully saturated rings. The van der Waals surface area contributed by atoms with Crippen LogP contribution < -0.4 is 15.5 Å². The van der Waals surface area contributed by atoms with E-state index in [2.05, 4.69) is 33.7 Å². The number of nitrogen functional groups attached to an aromatic ring is 1. The molecule has 6 heteroatoms. The lowest BCUT2D eigenvalue weighted by atomic mass is 9.87. The molecule has 106 valence electrons. The molecule has 1 aromatic heterocycles. The van der Waals surface area contributed by atoms with Crippen molar-refractivity contribution in [3.63, 3.8) is 0 Å². The Labute approximate surface area is 115 Å². The van der Waals surface area contributed by atoms with Gasteiger partial charge in [-0.3, -0.25) is 0 Å². The van der Waals surface area contributed by atoms with Gasteiger partial charge in [-0.2, -0.15) is 15.0 Å². The van der Waals surface area contributed by atoms with Crippen LogP contribution in [0.5, 0.6) is 0 Å². The molecule has 0 radical (unpaired) electrons. The lowest BCUT2D eigenvalue weighted by molar-refractivity contribution is 0.310. The molecule has 1 aliphatic heterocycles. The second-order valence-corrected chi connectivity index (χ2v) is 5.76. The maximum Gasteiger partial charge on any atom is 0.231 e. The SMILES string of the molecule is CC(C)C1CCN(c2nc(N)nc(N(C)C)n2)CC1. The third kappa shape index (κ3) is 3.24. The Morgan fingerprint density at radius 2 is 1.79 bits per heavy atom. The molecular formula is C13H24N6. The molecule has 1 aromatic rings. The second-order valence-electron chi connectivity index (χ2n) is 5.76. The molecular weight excluding hydrogens is 240 g/mol. The van der Waals surface area contributed by atoms with Crippen molar-refractivity contribution in [2.45, 2.75) is 26.7 Å². The van der Waals surface area contributed by atoms with E-state index >= 15 is 0 Å². The summed E-state index contributed by atoms with van der Waals surface area (Å²) in [5.41, 5.74) is 5.76. The minimum absolute atomic E-state index is 0.291. The summed E-state index contributed by atoms with van der Waals surface area (Å²) in [5.74, 6) is 3.18. The van der Waals surface area contributed by atoms with Gasteiger partial charge in [0.25, 0.3) is 0 Å². The van der Waals surface area contributed by atoms with Gasteiger partial charge in [-0.1, -0.05) is 13.8 Å². The number of aromatic nitrogens is 3. The summed E-state index contributed by atoms with van der Waals surface area (Å²) in [6, 6.07) is 0. The average molecular weight is 264 g/mol. The maximum atomic E-state index is 5.76. The minimum atomic E-state index is 0.291. The molecule has 0 atom stereocenters. The normalized spacial score (nSPS) is 17.0. The van der Waals surface area contributed by atoms with E-state index in [1.54, 1.807) is 0 Å². The van der Waals surface area contributed by atoms with Crippen LogP contribution in [0, 0.1) is 11.8 Å². The first-order chi connectivity index (χ1) is 8.97. The van der Waals surface area contributed by atoms with Crippen LogP contribution in [-0.4, -0.2) is 42.1 Å². The summed E-state index contributed by atoms with van der Waals surface area (Å²) in [6.45, 7) is 6.59. The van der Waals surface area contributed by atoms with Gasteiger partial charge < -0.3 is 15.5 Å². The number of piperidine rings is 1. The molecule has 0 amide bonds. The molecule has 0 bridgehead atoms. The number of anilines is 3. The first kappa shape index (κ1) is 13.8. The first-order valence-electron chi connectivity index (χ1n) is 6.91. The Morgan fingerprint density at radius 1 is 1.16 bits per heavy atom. The summed E-state index contributed by atoms with van der Waals surface area (Å²) < 4.78 is 0. The molecule has 0 unspecified atom stereocenters. The predicted molar refractivity (Wildman–Crippen MR) is 78.3 cm³/mol. The molecule has 19 heavy (non-hydrogen) atoms. The van der Waals surface area contributed by atoms with E-state index in [9.17, 15) is 0 Å². The van der Waals surface area contributed by atoms with Crippen LogP contribution in [0.2, 0.25) is 0 Å². The molecule has 2 heterocycles. The van der Waals surface area contributed by atoms with Gasteiger partial charge in [-0.25, -0.2) is 0 Å². The topological polar surface area (TPSA) is 71.2 Å². The fourth-order valence-corrected chi connectivity index (χ4v) is 2.48. The first-order valence-corrected chi connectivity index (χ1v) is 6.91. The Morgan fingerprint density at radius 3 is 2.32 bits per heavy atom. The number of hydrogen-bond donors (Lipinski definition) is 1. The zero-order chi connectivity index (χ0) is 14.0. The third-order valence-electron chi connectivity index (χ3n) is 3.79. The molecule has 1 aliphatic rings. The highest BCUT2D eigenvalue weighted by Gasteiger charge is 2.23. The van der Waals surface area contributed by atoms with Gasteiger partial charge in [-0.05, 0) is 24.7 Å². The molecule has 0 aliphatic carbocycles. The second kappa shape index (κ2) is 5.59. The van der Waals surface area contributed by atoms with Gasteiger partial charge in [0.2, 0.25) is 17.8 Å². The summed E-state index contributed by atoms with van der Waals surface area (Å²) in [6.07, 6.45) is 2.39. The van der Waals surface area contributed by atoms with E-state index in [1.807, 2.05) is 19.0 Å². The van der Waals surface area contributed by atoms with Crippen molar-refractivity contribution in [3.05, 3.63) is 0 Å². The number of rotatable bonds is 3. The van der Waals surface area contributed by atoms with Gasteiger partial charge in [-0.15, -0.1) is 0 Å². The monoisotopic (exact) mass is 264 g/mol. The Kier molecular flexibility index (Phi) is 4.07. The quantitative estimate of drug-likeness (QED) is 0.889. The average Bonchev–Trinajstić information content (AvgIpc) is 2.38. The number of nitrogens with two attached hydrogens (primary N) is 1. The van der Waals surface area contributed by atoms with Crippen LogP contribution in [-0.2, 0) is 0 Å². The van der Waals surface area contributed by atoms with E-state index in [-0.39, 0.29) is 0 Å². The van der Waals surface area contributed by atoms with Gasteiger partial charge >= 0.3 is 0 Å². The smallest absolute Gasteiger partial charge is 0.231 e. The van der Waals surface area contributed by atoms with E-state index in [0.717, 1.165) is 24.9 Å². The maximum absolute atomic E-state index is 5.76. The zero-order valence-electron chi connectivity index (χ0n) is 12.3. The van der Waals surface area contributed by atoms with Crippen molar-refractivity contribution < 1.29 is 0 Å². The van der Waals surface area contributed by atoms with Crippen LogP contribution in [0.15, 0.2) is 0 Å². The van der Waals surface area contributed by atoms with Crippen molar-refractivity contribution in [3.8, 4) is 0 Å². The summed E-state index contributed by atoms with van der Waals surface area (Å²) in [4.78, 5) is 16.9. The van der Waals surface area contributed by atoms with Crippen LogP contribution in [0.1, 0.15) is 26.7 Å². The number of nitrogens with zero attached hydrogens (tertiary/aromatic N) is 5. The van der Waals surface area contributed by atoms with Crippen molar-refractivity contribution in [2.75, 3.05) is 42.7 Å². The highest BCUT2D eigenvalue weighted by Crippen LogP contribution is 2.26. The predicted octanol–water partition coefficient (Wildman–Crippen LogP) is 1.39. The van der Waals surface area contributed by atoms with Gasteiger partial charge in [0.1, 0.15) is 0 Å². The molecule has 1 saturated heterocycles. The van der Waals surface area contributed by atoms with Crippen molar-refractivity contribution in [1.82, 2.24) is 15.0 Å². The van der Waals surface area contributed by atoms with E-state index in [1.165, 1.54) is 12.8 Å². The van der Waals surface area contributed by atoms with E-state index in [4.69, 9.17) is 5.73 Å². The largest absolute Gasteiger partial charge is 0.368 e. The Hall–Kier alpha value is -1.59. The van der Waals surface area contributed by atoms with Crippen molar-refractivity contribution >= 4 is 17.8 Å². The number of hydrogen-bond acceptors (Lipinski definition) is 6. The lowest BCUT2D eigenvalue weighted by Gasteiger charge is -2.34. The van der Waals surface area contributed by atoms with Gasteiger partial charge in [0.05, 0.1) is 0 Å².